The van der Waals surface area contributed by atoms with Gasteiger partial charge in [-0.25, -0.2) is 8.42 Å². The van der Waals surface area contributed by atoms with E-state index >= 15 is 0 Å². The molecule has 1 N–H and O–H groups in total. The van der Waals surface area contributed by atoms with Gasteiger partial charge >= 0.3 is 6.18 Å². The normalized spacial score (nSPS) is 12.9. The van der Waals surface area contributed by atoms with Crippen LogP contribution in [0.1, 0.15) is 18.1 Å². The van der Waals surface area contributed by atoms with Crippen LogP contribution >= 0.6 is 11.6 Å². The summed E-state index contributed by atoms with van der Waals surface area (Å²) in [5.41, 5.74) is -0.609. The van der Waals surface area contributed by atoms with Crippen molar-refractivity contribution in [3.63, 3.8) is 0 Å². The van der Waals surface area contributed by atoms with Crippen molar-refractivity contribution < 1.29 is 31.1 Å². The Kier molecular flexibility index (Phi) is 7.82. The first-order valence-corrected chi connectivity index (χ1v) is 11.3. The number of halogens is 4. The van der Waals surface area contributed by atoms with Crippen molar-refractivity contribution in [1.29, 1.82) is 0 Å². The van der Waals surface area contributed by atoms with Crippen molar-refractivity contribution in [2.45, 2.75) is 26.1 Å². The highest BCUT2D eigenvalue weighted by atomic mass is 35.5. The SMILES string of the molecule is Cc1ccccc1OCC(C)NC(=O)CN(c1cc(C(F)(F)F)ccc1Cl)S(C)(=O)=O. The van der Waals surface area contributed by atoms with Gasteiger partial charge in [0.2, 0.25) is 15.9 Å². The highest BCUT2D eigenvalue weighted by Gasteiger charge is 2.33. The van der Waals surface area contributed by atoms with E-state index in [2.05, 4.69) is 5.32 Å². The predicted octanol–water partition coefficient (Wildman–Crippen LogP) is 4.02. The molecule has 0 aromatic heterocycles. The third-order valence-corrected chi connectivity index (χ3v) is 5.67. The molecule has 0 saturated carbocycles. The molecule has 0 spiro atoms. The van der Waals surface area contributed by atoms with Crippen LogP contribution < -0.4 is 14.4 Å². The van der Waals surface area contributed by atoms with E-state index in [9.17, 15) is 26.4 Å². The number of hydrogen-bond acceptors (Lipinski definition) is 4. The number of carbonyl (C=O) groups excluding carboxylic acids is 1. The van der Waals surface area contributed by atoms with Crippen LogP contribution in [0.2, 0.25) is 5.02 Å². The van der Waals surface area contributed by atoms with Gasteiger partial charge in [0.15, 0.2) is 0 Å². The molecule has 0 heterocycles. The Morgan fingerprint density at radius 1 is 1.23 bits per heavy atom. The Morgan fingerprint density at radius 2 is 1.87 bits per heavy atom. The monoisotopic (exact) mass is 478 g/mol. The number of sulfonamides is 1. The minimum Gasteiger partial charge on any atom is -0.491 e. The number of para-hydroxylation sites is 1. The molecule has 2 aromatic carbocycles. The second kappa shape index (κ2) is 9.78. The van der Waals surface area contributed by atoms with Gasteiger partial charge in [0.05, 0.1) is 28.6 Å². The summed E-state index contributed by atoms with van der Waals surface area (Å²) in [5.74, 6) is -0.0862. The van der Waals surface area contributed by atoms with Crippen LogP contribution in [0.3, 0.4) is 0 Å². The summed E-state index contributed by atoms with van der Waals surface area (Å²) in [7, 11) is -4.11. The minimum atomic E-state index is -4.70. The Labute approximate surface area is 184 Å². The van der Waals surface area contributed by atoms with Gasteiger partial charge in [-0.05, 0) is 43.7 Å². The van der Waals surface area contributed by atoms with Gasteiger partial charge in [-0.3, -0.25) is 9.10 Å². The van der Waals surface area contributed by atoms with Crippen molar-refractivity contribution in [2.75, 3.05) is 23.7 Å². The quantitative estimate of drug-likeness (QED) is 0.622. The molecule has 1 amide bonds. The molecule has 1 unspecified atom stereocenters. The van der Waals surface area contributed by atoms with E-state index in [1.54, 1.807) is 19.1 Å². The summed E-state index contributed by atoms with van der Waals surface area (Å²) in [6.07, 6.45) is -3.92. The zero-order valence-corrected chi connectivity index (χ0v) is 18.6. The molecule has 0 aliphatic carbocycles. The summed E-state index contributed by atoms with van der Waals surface area (Å²) >= 11 is 5.94. The molecule has 170 valence electrons. The maximum absolute atomic E-state index is 13.0. The number of aryl methyl sites for hydroxylation is 1. The molecule has 1 atom stereocenters. The molecule has 2 rings (SSSR count). The van der Waals surface area contributed by atoms with Gasteiger partial charge in [0, 0.05) is 0 Å². The maximum Gasteiger partial charge on any atom is 0.416 e. The summed E-state index contributed by atoms with van der Waals surface area (Å²) in [6.45, 7) is 2.88. The second-order valence-electron chi connectivity index (χ2n) is 6.98. The van der Waals surface area contributed by atoms with E-state index < -0.39 is 45.9 Å². The number of nitrogens with one attached hydrogen (secondary N) is 1. The third kappa shape index (κ3) is 7.03. The van der Waals surface area contributed by atoms with E-state index in [4.69, 9.17) is 16.3 Å². The summed E-state index contributed by atoms with van der Waals surface area (Å²) in [4.78, 5) is 12.4. The van der Waals surface area contributed by atoms with Crippen LogP contribution in [0.4, 0.5) is 18.9 Å². The van der Waals surface area contributed by atoms with Crippen LogP contribution in [0, 0.1) is 6.92 Å². The Balaban J connectivity index is 2.13. The Morgan fingerprint density at radius 3 is 2.45 bits per heavy atom. The number of rotatable bonds is 8. The second-order valence-corrected chi connectivity index (χ2v) is 9.29. The molecule has 31 heavy (non-hydrogen) atoms. The molecule has 0 saturated heterocycles. The number of hydrogen-bond donors (Lipinski definition) is 1. The van der Waals surface area contributed by atoms with Crippen molar-refractivity contribution in [3.8, 4) is 5.75 Å². The molecule has 0 aliphatic rings. The predicted molar refractivity (Wildman–Crippen MR) is 113 cm³/mol. The van der Waals surface area contributed by atoms with Gasteiger partial charge in [-0.1, -0.05) is 29.8 Å². The number of alkyl halides is 3. The summed E-state index contributed by atoms with van der Waals surface area (Å²) in [5, 5.41) is 2.34. The summed E-state index contributed by atoms with van der Waals surface area (Å²) in [6, 6.07) is 9.06. The first-order valence-electron chi connectivity index (χ1n) is 9.11. The fourth-order valence-electron chi connectivity index (χ4n) is 2.69. The lowest BCUT2D eigenvalue weighted by Crippen LogP contribution is -2.45. The van der Waals surface area contributed by atoms with Crippen molar-refractivity contribution in [3.05, 3.63) is 58.6 Å². The van der Waals surface area contributed by atoms with Gasteiger partial charge in [-0.15, -0.1) is 0 Å². The molecule has 0 aliphatic heterocycles. The molecular weight excluding hydrogens is 457 g/mol. The lowest BCUT2D eigenvalue weighted by Gasteiger charge is -2.25. The highest BCUT2D eigenvalue weighted by Crippen LogP contribution is 2.36. The van der Waals surface area contributed by atoms with Crippen LogP contribution in [0.5, 0.6) is 5.75 Å². The summed E-state index contributed by atoms with van der Waals surface area (Å²) < 4.78 is 69.7. The molecular formula is C20H22ClF3N2O4S. The standard InChI is InChI=1S/C20H22ClF3N2O4S/c1-13-6-4-5-7-18(13)30-12-14(2)25-19(27)11-26(31(3,28)29)17-10-15(20(22,23)24)8-9-16(17)21/h4-10,14H,11-12H2,1-3H3,(H,25,27). The lowest BCUT2D eigenvalue weighted by molar-refractivity contribution is -0.137. The van der Waals surface area contributed by atoms with E-state index in [1.165, 1.54) is 0 Å². The zero-order chi connectivity index (χ0) is 23.4. The molecule has 0 bridgehead atoms. The zero-order valence-electron chi connectivity index (χ0n) is 17.0. The maximum atomic E-state index is 13.0. The van der Waals surface area contributed by atoms with Crippen molar-refractivity contribution >= 4 is 33.2 Å². The largest absolute Gasteiger partial charge is 0.491 e. The van der Waals surface area contributed by atoms with Gasteiger partial charge < -0.3 is 10.1 Å². The van der Waals surface area contributed by atoms with E-state index in [-0.39, 0.29) is 11.6 Å². The van der Waals surface area contributed by atoms with Crippen LogP contribution in [0.25, 0.3) is 0 Å². The number of nitrogens with zero attached hydrogens (tertiary/aromatic N) is 1. The van der Waals surface area contributed by atoms with E-state index in [0.29, 0.717) is 16.1 Å². The van der Waals surface area contributed by atoms with Crippen LogP contribution in [-0.2, 0) is 21.0 Å². The average Bonchev–Trinajstić information content (AvgIpc) is 2.64. The Hall–Kier alpha value is -2.46. The first kappa shape index (κ1) is 24.8. The topological polar surface area (TPSA) is 75.7 Å². The van der Waals surface area contributed by atoms with Crippen LogP contribution in [0.15, 0.2) is 42.5 Å². The number of amides is 1. The highest BCUT2D eigenvalue weighted by molar-refractivity contribution is 7.92. The van der Waals surface area contributed by atoms with Crippen molar-refractivity contribution in [1.82, 2.24) is 5.32 Å². The number of anilines is 1. The van der Waals surface area contributed by atoms with E-state index in [1.807, 2.05) is 19.1 Å². The van der Waals surface area contributed by atoms with Gasteiger partial charge in [-0.2, -0.15) is 13.2 Å². The van der Waals surface area contributed by atoms with Gasteiger partial charge in [0.1, 0.15) is 18.9 Å². The number of ether oxygens (including phenoxy) is 1. The molecule has 6 nitrogen and oxygen atoms in total. The van der Waals surface area contributed by atoms with E-state index in [0.717, 1.165) is 24.0 Å². The molecule has 0 radical (unpaired) electrons. The Bertz CT molecular complexity index is 1040. The average molecular weight is 479 g/mol. The number of benzene rings is 2. The molecule has 11 heteroatoms. The van der Waals surface area contributed by atoms with Crippen LogP contribution in [-0.4, -0.2) is 39.8 Å². The molecule has 0 fully saturated rings. The fourth-order valence-corrected chi connectivity index (χ4v) is 3.82. The smallest absolute Gasteiger partial charge is 0.416 e. The molecule has 2 aromatic rings. The fraction of sp³-hybridized carbons (Fsp3) is 0.350. The first-order chi connectivity index (χ1) is 14.3. The van der Waals surface area contributed by atoms with Gasteiger partial charge in [0.25, 0.3) is 0 Å². The third-order valence-electron chi connectivity index (χ3n) is 4.22. The lowest BCUT2D eigenvalue weighted by atomic mass is 10.2. The number of carbonyl (C=O) groups is 1. The minimum absolute atomic E-state index is 0.111. The van der Waals surface area contributed by atoms with Crippen molar-refractivity contribution in [2.24, 2.45) is 0 Å².